The molecule has 0 saturated carbocycles. The van der Waals surface area contributed by atoms with Crippen molar-refractivity contribution in [2.75, 3.05) is 0 Å². The predicted octanol–water partition coefficient (Wildman–Crippen LogP) is 10.4. The molecule has 1 heterocycles. The van der Waals surface area contributed by atoms with Crippen molar-refractivity contribution < 1.29 is 4.57 Å². The Bertz CT molecular complexity index is 3420. The number of benzene rings is 11. The van der Waals surface area contributed by atoms with Gasteiger partial charge >= 0.3 is 0 Å². The highest BCUT2D eigenvalue weighted by Crippen LogP contribution is 2.45. The van der Waals surface area contributed by atoms with Crippen molar-refractivity contribution in [3.8, 4) is 11.1 Å². The minimum absolute atomic E-state index is 0.845. The number of hydrogen-bond donors (Lipinski definition) is 0. The summed E-state index contributed by atoms with van der Waals surface area (Å²) >= 11 is 0. The molecule has 276 valence electrons. The largest absolute Gasteiger partial charge is 0.309 e. The average molecular weight is 785 g/mol. The Morgan fingerprint density at radius 3 is 1.20 bits per heavy atom. The Kier molecular flexibility index (Phi) is 7.60. The van der Waals surface area contributed by atoms with Crippen molar-refractivity contribution >= 4 is 106 Å². The van der Waals surface area contributed by atoms with Crippen molar-refractivity contribution in [1.29, 1.82) is 0 Å². The molecular formula is C56H37OPSi. The van der Waals surface area contributed by atoms with Gasteiger partial charge in [0, 0.05) is 15.9 Å². The van der Waals surface area contributed by atoms with Gasteiger partial charge in [-0.1, -0.05) is 200 Å². The van der Waals surface area contributed by atoms with Crippen LogP contribution in [0.1, 0.15) is 0 Å². The molecule has 0 fully saturated rings. The van der Waals surface area contributed by atoms with Crippen LogP contribution < -0.4 is 36.7 Å². The number of fused-ring (bicyclic) bond motifs is 11. The van der Waals surface area contributed by atoms with E-state index in [0.29, 0.717) is 0 Å². The lowest BCUT2D eigenvalue weighted by molar-refractivity contribution is 0.592. The van der Waals surface area contributed by atoms with Crippen molar-refractivity contribution in [3.63, 3.8) is 0 Å². The summed E-state index contributed by atoms with van der Waals surface area (Å²) in [6, 6.07) is 81.5. The fourth-order valence-corrected chi connectivity index (χ4v) is 18.3. The van der Waals surface area contributed by atoms with E-state index >= 15 is 4.57 Å². The second-order valence-corrected chi connectivity index (χ2v) is 22.4. The summed E-state index contributed by atoms with van der Waals surface area (Å²) in [6.07, 6.45) is 0. The summed E-state index contributed by atoms with van der Waals surface area (Å²) in [5, 5.41) is 19.9. The first-order valence-electron chi connectivity index (χ1n) is 20.4. The molecule has 0 atom stereocenters. The zero-order valence-electron chi connectivity index (χ0n) is 32.2. The van der Waals surface area contributed by atoms with Gasteiger partial charge in [0.1, 0.15) is 0 Å². The van der Waals surface area contributed by atoms with E-state index in [-0.39, 0.29) is 0 Å². The zero-order valence-corrected chi connectivity index (χ0v) is 34.1. The van der Waals surface area contributed by atoms with Gasteiger partial charge in [-0.25, -0.2) is 0 Å². The summed E-state index contributed by atoms with van der Waals surface area (Å²) < 4.78 is 16.8. The minimum Gasteiger partial charge on any atom is -0.309 e. The topological polar surface area (TPSA) is 17.1 Å². The Labute approximate surface area is 344 Å². The quantitative estimate of drug-likeness (QED) is 0.0965. The molecule has 0 bridgehead atoms. The van der Waals surface area contributed by atoms with E-state index in [2.05, 4.69) is 224 Å². The van der Waals surface area contributed by atoms with Gasteiger partial charge in [0.15, 0.2) is 15.2 Å². The van der Waals surface area contributed by atoms with Crippen LogP contribution >= 0.6 is 7.14 Å². The highest BCUT2D eigenvalue weighted by molar-refractivity contribution is 7.85. The standard InChI is InChI=1S/C56H37OPSi/c57-58(42-29-27-38-15-7-9-17-40(38)33-42,43-30-28-39-16-8-10-18-41(39)34-43)44-31-32-51-54-36-52-49-25-13-11-23-47(49)48-24-12-14-26-50(48)53(52)37-56(54)59(55(51)35-44,45-19-3-1-4-20-45)46-21-5-2-6-22-46/h1-37H. The first-order chi connectivity index (χ1) is 29.1. The molecule has 0 amide bonds. The highest BCUT2D eigenvalue weighted by Gasteiger charge is 2.49. The van der Waals surface area contributed by atoms with Crippen LogP contribution in [-0.2, 0) is 4.57 Å². The second-order valence-electron chi connectivity index (χ2n) is 15.9. The van der Waals surface area contributed by atoms with Crippen LogP contribution in [0.5, 0.6) is 0 Å². The molecule has 0 N–H and O–H groups in total. The highest BCUT2D eigenvalue weighted by atomic mass is 31.2. The minimum atomic E-state index is -3.44. The molecule has 11 aromatic carbocycles. The maximum Gasteiger partial charge on any atom is 0.180 e. The molecular weight excluding hydrogens is 748 g/mol. The molecule has 1 aliphatic heterocycles. The van der Waals surface area contributed by atoms with Gasteiger partial charge in [0.05, 0.1) is 0 Å². The van der Waals surface area contributed by atoms with Crippen LogP contribution in [0, 0.1) is 0 Å². The lowest BCUT2D eigenvalue weighted by atomic mass is 9.92. The van der Waals surface area contributed by atoms with Gasteiger partial charge in [0.2, 0.25) is 0 Å². The normalized spacial score (nSPS) is 13.3. The Morgan fingerprint density at radius 2 is 0.678 bits per heavy atom. The van der Waals surface area contributed by atoms with E-state index < -0.39 is 15.2 Å². The number of rotatable bonds is 5. The van der Waals surface area contributed by atoms with Gasteiger partial charge in [0.25, 0.3) is 0 Å². The summed E-state index contributed by atoms with van der Waals surface area (Å²) in [6.45, 7) is 0. The zero-order chi connectivity index (χ0) is 39.1. The summed E-state index contributed by atoms with van der Waals surface area (Å²) in [7, 11) is -6.46. The molecule has 0 aromatic heterocycles. The first-order valence-corrected chi connectivity index (χ1v) is 24.1. The maximum absolute atomic E-state index is 16.8. The first kappa shape index (κ1) is 34.2. The van der Waals surface area contributed by atoms with E-state index in [1.54, 1.807) is 0 Å². The van der Waals surface area contributed by atoms with Gasteiger partial charge in [-0.05, 0) is 110 Å². The molecule has 0 radical (unpaired) electrons. The van der Waals surface area contributed by atoms with E-state index in [9.17, 15) is 0 Å². The van der Waals surface area contributed by atoms with E-state index in [0.717, 1.165) is 37.5 Å². The van der Waals surface area contributed by atoms with Crippen molar-refractivity contribution in [2.24, 2.45) is 0 Å². The molecule has 0 saturated heterocycles. The van der Waals surface area contributed by atoms with E-state index in [4.69, 9.17) is 0 Å². The molecule has 59 heavy (non-hydrogen) atoms. The Balaban J connectivity index is 1.22. The molecule has 1 aliphatic rings. The van der Waals surface area contributed by atoms with Crippen LogP contribution in [0.4, 0.5) is 0 Å². The van der Waals surface area contributed by atoms with Crippen molar-refractivity contribution in [1.82, 2.24) is 0 Å². The van der Waals surface area contributed by atoms with Crippen LogP contribution in [0.2, 0.25) is 0 Å². The van der Waals surface area contributed by atoms with Crippen LogP contribution in [-0.4, -0.2) is 8.07 Å². The fourth-order valence-electron chi connectivity index (χ4n) is 10.3. The Morgan fingerprint density at radius 1 is 0.288 bits per heavy atom. The molecule has 0 aliphatic carbocycles. The molecule has 3 heteroatoms. The third kappa shape index (κ3) is 4.94. The third-order valence-electron chi connectivity index (χ3n) is 13.0. The molecule has 11 aromatic rings. The molecule has 0 unspecified atom stereocenters. The summed E-state index contributed by atoms with van der Waals surface area (Å²) in [5.74, 6) is 0. The lowest BCUT2D eigenvalue weighted by Gasteiger charge is -2.32. The molecule has 1 nitrogen and oxygen atoms in total. The third-order valence-corrected chi connectivity index (χ3v) is 20.8. The molecule has 0 spiro atoms. The van der Waals surface area contributed by atoms with Crippen molar-refractivity contribution in [3.05, 3.63) is 224 Å². The van der Waals surface area contributed by atoms with Gasteiger partial charge in [-0.15, -0.1) is 0 Å². The lowest BCUT2D eigenvalue weighted by Crippen LogP contribution is -2.73. The monoisotopic (exact) mass is 784 g/mol. The van der Waals surface area contributed by atoms with E-state index in [1.165, 1.54) is 64.2 Å². The average Bonchev–Trinajstić information content (AvgIpc) is 3.60. The van der Waals surface area contributed by atoms with E-state index in [1.807, 2.05) is 0 Å². The summed E-state index contributed by atoms with van der Waals surface area (Å²) in [5.41, 5.74) is 2.50. The Hall–Kier alpha value is -6.83. The van der Waals surface area contributed by atoms with Crippen LogP contribution in [0.25, 0.3) is 65.0 Å². The van der Waals surface area contributed by atoms with Crippen LogP contribution in [0.3, 0.4) is 0 Å². The smallest absolute Gasteiger partial charge is 0.180 e. The van der Waals surface area contributed by atoms with Gasteiger partial charge in [-0.2, -0.15) is 0 Å². The van der Waals surface area contributed by atoms with Crippen molar-refractivity contribution in [2.45, 2.75) is 0 Å². The maximum atomic E-state index is 16.8. The van der Waals surface area contributed by atoms with Gasteiger partial charge < -0.3 is 4.57 Å². The fraction of sp³-hybridized carbons (Fsp3) is 0. The SMILES string of the molecule is O=P(c1ccc2c(c1)[Si](c1ccccc1)(c1ccccc1)c1cc3c4ccccc4c4ccccc4c3cc1-2)(c1ccc2ccccc2c1)c1ccc2ccccc2c1. The summed E-state index contributed by atoms with van der Waals surface area (Å²) in [4.78, 5) is 0. The van der Waals surface area contributed by atoms with Crippen LogP contribution in [0.15, 0.2) is 224 Å². The molecule has 12 rings (SSSR count). The van der Waals surface area contributed by atoms with Gasteiger partial charge in [-0.3, -0.25) is 0 Å². The predicted molar refractivity (Wildman–Crippen MR) is 256 cm³/mol. The second kappa shape index (κ2) is 13.1. The number of hydrogen-bond acceptors (Lipinski definition) is 1.